The maximum atomic E-state index is 12.1. The van der Waals surface area contributed by atoms with Gasteiger partial charge in [-0.3, -0.25) is 0 Å². The number of hydrogen-bond acceptors (Lipinski definition) is 2. The zero-order chi connectivity index (χ0) is 16.2. The summed E-state index contributed by atoms with van der Waals surface area (Å²) in [6, 6.07) is 9.08. The molecular weight excluding hydrogens is 413 g/mol. The topological polar surface area (TPSA) is 52.0 Å². The van der Waals surface area contributed by atoms with Gasteiger partial charge in [-0.15, -0.1) is 0 Å². The molecule has 114 valence electrons. The van der Waals surface area contributed by atoms with Crippen LogP contribution in [0.1, 0.15) is 11.1 Å². The molecule has 0 aliphatic rings. The highest BCUT2D eigenvalue weighted by molar-refractivity contribution is 9.10. The van der Waals surface area contributed by atoms with Crippen LogP contribution >= 0.6 is 31.9 Å². The Kier molecular flexibility index (Phi) is 6.10. The van der Waals surface area contributed by atoms with Crippen LogP contribution < -0.4 is 11.5 Å². The summed E-state index contributed by atoms with van der Waals surface area (Å²) in [6.07, 6.45) is -4.34. The molecule has 0 amide bonds. The van der Waals surface area contributed by atoms with Crippen molar-refractivity contribution in [3.05, 3.63) is 56.5 Å². The normalized spacial score (nSPS) is 10.8. The fourth-order valence-electron chi connectivity index (χ4n) is 1.40. The molecule has 7 heteroatoms. The number of benzene rings is 2. The molecule has 0 saturated heterocycles. The van der Waals surface area contributed by atoms with Crippen LogP contribution in [-0.2, 0) is 6.18 Å². The third-order valence-electron chi connectivity index (χ3n) is 2.56. The molecule has 0 atom stereocenters. The first-order valence-electron chi connectivity index (χ1n) is 5.75. The summed E-state index contributed by atoms with van der Waals surface area (Å²) in [5.74, 6) is 0. The van der Waals surface area contributed by atoms with Gasteiger partial charge in [0.1, 0.15) is 0 Å². The van der Waals surface area contributed by atoms with Crippen molar-refractivity contribution in [2.24, 2.45) is 0 Å². The van der Waals surface area contributed by atoms with Gasteiger partial charge in [-0.25, -0.2) is 0 Å². The SMILES string of the molecule is Cc1c(N)cccc1Br.Nc1cc(Br)cc(C(F)(F)F)c1. The molecule has 0 aromatic heterocycles. The van der Waals surface area contributed by atoms with E-state index in [2.05, 4.69) is 31.9 Å². The molecule has 21 heavy (non-hydrogen) atoms. The largest absolute Gasteiger partial charge is 0.416 e. The van der Waals surface area contributed by atoms with E-state index in [4.69, 9.17) is 11.5 Å². The lowest BCUT2D eigenvalue weighted by Crippen LogP contribution is -2.05. The van der Waals surface area contributed by atoms with Crippen molar-refractivity contribution in [3.8, 4) is 0 Å². The van der Waals surface area contributed by atoms with Crippen molar-refractivity contribution in [1.29, 1.82) is 0 Å². The van der Waals surface area contributed by atoms with Gasteiger partial charge in [-0.05, 0) is 42.8 Å². The first kappa shape index (κ1) is 17.8. The monoisotopic (exact) mass is 424 g/mol. The predicted molar refractivity (Wildman–Crippen MR) is 86.8 cm³/mol. The average molecular weight is 426 g/mol. The Balaban J connectivity index is 0.000000219. The zero-order valence-corrected chi connectivity index (χ0v) is 14.2. The minimum atomic E-state index is -4.34. The number of nitrogen functional groups attached to an aromatic ring is 2. The summed E-state index contributed by atoms with van der Waals surface area (Å²) in [6.45, 7) is 1.99. The van der Waals surface area contributed by atoms with Crippen LogP contribution in [0.5, 0.6) is 0 Å². The molecule has 0 unspecified atom stereocenters. The van der Waals surface area contributed by atoms with Crippen LogP contribution in [0.3, 0.4) is 0 Å². The first-order valence-corrected chi connectivity index (χ1v) is 7.33. The van der Waals surface area contributed by atoms with Gasteiger partial charge in [-0.2, -0.15) is 13.2 Å². The molecule has 2 aromatic rings. The summed E-state index contributed by atoms with van der Waals surface area (Å²) >= 11 is 6.29. The number of anilines is 2. The predicted octanol–water partition coefficient (Wildman–Crippen LogP) is 5.39. The maximum Gasteiger partial charge on any atom is 0.416 e. The molecular formula is C14H13Br2F3N2. The molecule has 0 fully saturated rings. The highest BCUT2D eigenvalue weighted by atomic mass is 79.9. The van der Waals surface area contributed by atoms with Gasteiger partial charge < -0.3 is 11.5 Å². The second-order valence-corrected chi connectivity index (χ2v) is 6.00. The molecule has 0 bridgehead atoms. The summed E-state index contributed by atoms with van der Waals surface area (Å²) in [5, 5.41) is 0. The van der Waals surface area contributed by atoms with E-state index in [0.717, 1.165) is 27.9 Å². The van der Waals surface area contributed by atoms with Crippen molar-refractivity contribution in [3.63, 3.8) is 0 Å². The lowest BCUT2D eigenvalue weighted by atomic mass is 10.2. The van der Waals surface area contributed by atoms with Crippen LogP contribution in [0.15, 0.2) is 45.3 Å². The molecule has 0 aliphatic carbocycles. The van der Waals surface area contributed by atoms with Gasteiger partial charge in [0, 0.05) is 20.3 Å². The van der Waals surface area contributed by atoms with Crippen molar-refractivity contribution in [2.45, 2.75) is 13.1 Å². The second-order valence-electron chi connectivity index (χ2n) is 4.23. The number of hydrogen-bond donors (Lipinski definition) is 2. The van der Waals surface area contributed by atoms with E-state index in [1.165, 1.54) is 6.07 Å². The van der Waals surface area contributed by atoms with Crippen molar-refractivity contribution in [1.82, 2.24) is 0 Å². The number of alkyl halides is 3. The molecule has 0 heterocycles. The van der Waals surface area contributed by atoms with Gasteiger partial charge in [0.25, 0.3) is 0 Å². The Labute approximate surface area is 137 Å². The standard InChI is InChI=1S/C7H5BrF3N.C7H8BrN/c8-5-1-4(7(9,10)11)2-6(12)3-5;1-5-6(8)3-2-4-7(5)9/h1-3H,12H2;2-4H,9H2,1H3. The number of halogens is 5. The molecule has 2 nitrogen and oxygen atoms in total. The molecule has 4 N–H and O–H groups in total. The Morgan fingerprint density at radius 3 is 2.05 bits per heavy atom. The minimum Gasteiger partial charge on any atom is -0.399 e. The highest BCUT2D eigenvalue weighted by Crippen LogP contribution is 2.32. The van der Waals surface area contributed by atoms with Crippen LogP contribution in [0.2, 0.25) is 0 Å². The Morgan fingerprint density at radius 2 is 1.62 bits per heavy atom. The Morgan fingerprint density at radius 1 is 1.00 bits per heavy atom. The van der Waals surface area contributed by atoms with E-state index in [9.17, 15) is 13.2 Å². The lowest BCUT2D eigenvalue weighted by Gasteiger charge is -2.07. The summed E-state index contributed by atoms with van der Waals surface area (Å²) in [4.78, 5) is 0. The van der Waals surface area contributed by atoms with E-state index < -0.39 is 11.7 Å². The summed E-state index contributed by atoms with van der Waals surface area (Å²) in [7, 11) is 0. The number of nitrogens with two attached hydrogens (primary N) is 2. The maximum absolute atomic E-state index is 12.1. The van der Waals surface area contributed by atoms with Gasteiger partial charge in [-0.1, -0.05) is 37.9 Å². The highest BCUT2D eigenvalue weighted by Gasteiger charge is 2.30. The van der Waals surface area contributed by atoms with Crippen molar-refractivity contribution < 1.29 is 13.2 Å². The minimum absolute atomic E-state index is 0.0942. The lowest BCUT2D eigenvalue weighted by molar-refractivity contribution is -0.137. The molecule has 2 aromatic carbocycles. The number of rotatable bonds is 0. The zero-order valence-electron chi connectivity index (χ0n) is 11.0. The van der Waals surface area contributed by atoms with Crippen LogP contribution in [-0.4, -0.2) is 0 Å². The average Bonchev–Trinajstić information content (AvgIpc) is 2.34. The van der Waals surface area contributed by atoms with E-state index >= 15 is 0 Å². The van der Waals surface area contributed by atoms with Gasteiger partial charge in [0.2, 0.25) is 0 Å². The van der Waals surface area contributed by atoms with Gasteiger partial charge in [0.05, 0.1) is 5.56 Å². The fraction of sp³-hybridized carbons (Fsp3) is 0.143. The van der Waals surface area contributed by atoms with E-state index in [0.29, 0.717) is 4.47 Å². The van der Waals surface area contributed by atoms with Crippen LogP contribution in [0.4, 0.5) is 24.5 Å². The van der Waals surface area contributed by atoms with Crippen molar-refractivity contribution >= 4 is 43.2 Å². The van der Waals surface area contributed by atoms with E-state index in [1.807, 2.05) is 25.1 Å². The third-order valence-corrected chi connectivity index (χ3v) is 3.87. The molecule has 2 rings (SSSR count). The molecule has 0 radical (unpaired) electrons. The summed E-state index contributed by atoms with van der Waals surface area (Å²) in [5.41, 5.74) is 12.1. The first-order chi connectivity index (χ1) is 9.61. The van der Waals surface area contributed by atoms with E-state index in [-0.39, 0.29) is 5.69 Å². The fourth-order valence-corrected chi connectivity index (χ4v) is 2.29. The Bertz CT molecular complexity index is 588. The second kappa shape index (κ2) is 7.17. The molecule has 0 spiro atoms. The van der Waals surface area contributed by atoms with E-state index in [1.54, 1.807) is 0 Å². The van der Waals surface area contributed by atoms with Gasteiger partial charge >= 0.3 is 6.18 Å². The van der Waals surface area contributed by atoms with Crippen LogP contribution in [0, 0.1) is 6.92 Å². The quantitative estimate of drug-likeness (QED) is 0.556. The smallest absolute Gasteiger partial charge is 0.399 e. The summed E-state index contributed by atoms with van der Waals surface area (Å²) < 4.78 is 37.6. The van der Waals surface area contributed by atoms with Crippen molar-refractivity contribution in [2.75, 3.05) is 11.5 Å². The molecule has 0 aliphatic heterocycles. The third kappa shape index (κ3) is 5.59. The molecule has 0 saturated carbocycles. The van der Waals surface area contributed by atoms with Crippen LogP contribution in [0.25, 0.3) is 0 Å². The Hall–Kier alpha value is -1.21. The van der Waals surface area contributed by atoms with Gasteiger partial charge in [0.15, 0.2) is 0 Å².